The fourth-order valence-corrected chi connectivity index (χ4v) is 7.32. The van der Waals surface area contributed by atoms with E-state index < -0.39 is 6.10 Å². The van der Waals surface area contributed by atoms with Gasteiger partial charge in [0.05, 0.1) is 0 Å². The highest BCUT2D eigenvalue weighted by molar-refractivity contribution is 5.71. The molecule has 0 unspecified atom stereocenters. The number of carbonyl (C=O) groups is 3. The van der Waals surface area contributed by atoms with E-state index >= 15 is 0 Å². The zero-order chi connectivity index (χ0) is 50.0. The van der Waals surface area contributed by atoms with E-state index in [1.54, 1.807) is 0 Å². The van der Waals surface area contributed by atoms with E-state index in [-0.39, 0.29) is 31.1 Å². The van der Waals surface area contributed by atoms with Gasteiger partial charge in [-0.1, -0.05) is 232 Å². The number of ether oxygens (including phenoxy) is 3. The second-order valence-corrected chi connectivity index (χ2v) is 18.1. The fraction of sp³-hybridized carbons (Fsp3) is 0.635. The average molecular weight is 956 g/mol. The molecule has 0 aliphatic rings. The van der Waals surface area contributed by atoms with Gasteiger partial charge in [-0.3, -0.25) is 14.4 Å². The number of esters is 3. The molecule has 0 heterocycles. The predicted molar refractivity (Wildman–Crippen MR) is 297 cm³/mol. The Hall–Kier alpha value is -4.19. The third-order valence-corrected chi connectivity index (χ3v) is 11.5. The van der Waals surface area contributed by atoms with Crippen LogP contribution in [0.25, 0.3) is 0 Å². The second kappa shape index (κ2) is 56.4. The molecule has 0 aromatic heterocycles. The molecule has 6 nitrogen and oxygen atoms in total. The van der Waals surface area contributed by atoms with E-state index in [9.17, 15) is 14.4 Å². The van der Waals surface area contributed by atoms with Crippen molar-refractivity contribution in [2.24, 2.45) is 0 Å². The molecule has 0 aliphatic heterocycles. The fourth-order valence-electron chi connectivity index (χ4n) is 7.32. The van der Waals surface area contributed by atoms with Gasteiger partial charge >= 0.3 is 17.9 Å². The molecule has 390 valence electrons. The van der Waals surface area contributed by atoms with Gasteiger partial charge in [0.25, 0.3) is 0 Å². The molecule has 0 saturated carbocycles. The van der Waals surface area contributed by atoms with Gasteiger partial charge in [-0.05, 0) is 109 Å². The summed E-state index contributed by atoms with van der Waals surface area (Å²) in [7, 11) is 0. The summed E-state index contributed by atoms with van der Waals surface area (Å²) in [6.45, 7) is 6.35. The number of allylic oxidation sites excluding steroid dienone is 20. The predicted octanol–water partition coefficient (Wildman–Crippen LogP) is 18.9. The number of carbonyl (C=O) groups excluding carboxylic acids is 3. The maximum Gasteiger partial charge on any atom is 0.306 e. The summed E-state index contributed by atoms with van der Waals surface area (Å²) in [5, 5.41) is 0. The molecule has 0 rings (SSSR count). The zero-order valence-electron chi connectivity index (χ0n) is 44.5. The molecular formula is C63H102O6. The summed E-state index contributed by atoms with van der Waals surface area (Å²) in [5.74, 6) is -0.970. The van der Waals surface area contributed by atoms with Crippen molar-refractivity contribution in [2.45, 2.75) is 245 Å². The number of unbranched alkanes of at least 4 members (excludes halogenated alkanes) is 18. The molecular weight excluding hydrogens is 853 g/mol. The van der Waals surface area contributed by atoms with Crippen LogP contribution in [0, 0.1) is 0 Å². The third-order valence-electron chi connectivity index (χ3n) is 11.5. The Bertz CT molecular complexity index is 1380. The van der Waals surface area contributed by atoms with E-state index in [4.69, 9.17) is 14.2 Å². The van der Waals surface area contributed by atoms with Gasteiger partial charge < -0.3 is 14.2 Å². The zero-order valence-corrected chi connectivity index (χ0v) is 44.5. The molecule has 0 atom stereocenters. The van der Waals surface area contributed by atoms with Crippen LogP contribution >= 0.6 is 0 Å². The molecule has 0 fully saturated rings. The Morgan fingerprint density at radius 2 is 0.565 bits per heavy atom. The maximum atomic E-state index is 12.8. The molecule has 69 heavy (non-hydrogen) atoms. The molecule has 0 N–H and O–H groups in total. The summed E-state index contributed by atoms with van der Waals surface area (Å²) in [6, 6.07) is 0. The van der Waals surface area contributed by atoms with E-state index in [1.165, 1.54) is 64.2 Å². The van der Waals surface area contributed by atoms with Gasteiger partial charge in [0, 0.05) is 19.3 Å². The summed E-state index contributed by atoms with van der Waals surface area (Å²) in [6.07, 6.45) is 77.5. The van der Waals surface area contributed by atoms with Crippen LogP contribution < -0.4 is 0 Å². The normalized spacial score (nSPS) is 13.0. The molecule has 6 heteroatoms. The molecule has 0 aromatic rings. The van der Waals surface area contributed by atoms with Crippen LogP contribution in [0.4, 0.5) is 0 Å². The number of hydrogen-bond acceptors (Lipinski definition) is 6. The largest absolute Gasteiger partial charge is 0.462 e. The highest BCUT2D eigenvalue weighted by Crippen LogP contribution is 2.14. The molecule has 0 aromatic carbocycles. The van der Waals surface area contributed by atoms with E-state index in [1.807, 2.05) is 0 Å². The minimum atomic E-state index is -0.807. The van der Waals surface area contributed by atoms with Crippen LogP contribution in [0.3, 0.4) is 0 Å². The lowest BCUT2D eigenvalue weighted by Gasteiger charge is -2.18. The van der Waals surface area contributed by atoms with Crippen molar-refractivity contribution in [3.05, 3.63) is 122 Å². The first-order chi connectivity index (χ1) is 34.0. The van der Waals surface area contributed by atoms with Crippen molar-refractivity contribution in [3.63, 3.8) is 0 Å². The highest BCUT2D eigenvalue weighted by Gasteiger charge is 2.19. The van der Waals surface area contributed by atoms with E-state index in [0.29, 0.717) is 19.3 Å². The SMILES string of the molecule is CCC=CCC=CCC=CCC=CCC=CCCCCCC(=O)OCC(COC(=O)CCCCCC=CCC=CCC=CCC=CCC=CCC)OC(=O)CCCCCCCCCCCCCCC. The smallest absolute Gasteiger partial charge is 0.306 e. The Kier molecular flexibility index (Phi) is 53.0. The molecule has 0 radical (unpaired) electrons. The first-order valence-electron chi connectivity index (χ1n) is 28.0. The minimum Gasteiger partial charge on any atom is -0.462 e. The molecule has 0 amide bonds. The quantitative estimate of drug-likeness (QED) is 0.0262. The van der Waals surface area contributed by atoms with Crippen molar-refractivity contribution in [3.8, 4) is 0 Å². The summed E-state index contributed by atoms with van der Waals surface area (Å²) >= 11 is 0. The Labute approximate surface area is 424 Å². The van der Waals surface area contributed by atoms with Crippen molar-refractivity contribution >= 4 is 17.9 Å². The Morgan fingerprint density at radius 1 is 0.304 bits per heavy atom. The van der Waals surface area contributed by atoms with Gasteiger partial charge in [-0.2, -0.15) is 0 Å². The molecule has 0 bridgehead atoms. The highest BCUT2D eigenvalue weighted by atomic mass is 16.6. The third kappa shape index (κ3) is 54.6. The van der Waals surface area contributed by atoms with E-state index in [0.717, 1.165) is 135 Å². The van der Waals surface area contributed by atoms with Gasteiger partial charge in [-0.15, -0.1) is 0 Å². The maximum absolute atomic E-state index is 12.8. The molecule has 0 aliphatic carbocycles. The van der Waals surface area contributed by atoms with Crippen LogP contribution in [0.15, 0.2) is 122 Å². The van der Waals surface area contributed by atoms with Crippen LogP contribution in [-0.2, 0) is 28.6 Å². The standard InChI is InChI=1S/C63H102O6/c1-4-7-10-13-16-19-22-25-27-29-31-33-35-38-40-43-46-49-52-55-61(64)67-58-60(69-63(66)57-54-51-48-45-42-37-24-21-18-15-12-9-6-3)59-68-62(65)56-53-50-47-44-41-39-36-34-32-30-28-26-23-20-17-14-11-8-5-2/h7-8,10-11,16-17,19-20,25-28,31-34,38-41,60H,4-6,9,12-15,18,21-24,29-30,35-37,42-59H2,1-3H3. The summed E-state index contributed by atoms with van der Waals surface area (Å²) in [5.41, 5.74) is 0. The van der Waals surface area contributed by atoms with Crippen molar-refractivity contribution in [1.82, 2.24) is 0 Å². The van der Waals surface area contributed by atoms with E-state index in [2.05, 4.69) is 142 Å². The second-order valence-electron chi connectivity index (χ2n) is 18.1. The van der Waals surface area contributed by atoms with Gasteiger partial charge in [0.2, 0.25) is 0 Å². The van der Waals surface area contributed by atoms with Crippen LogP contribution in [0.1, 0.15) is 239 Å². The van der Waals surface area contributed by atoms with Gasteiger partial charge in [0.15, 0.2) is 6.10 Å². The van der Waals surface area contributed by atoms with Crippen LogP contribution in [-0.4, -0.2) is 37.2 Å². The first-order valence-corrected chi connectivity index (χ1v) is 28.0. The summed E-state index contributed by atoms with van der Waals surface area (Å²) < 4.78 is 16.8. The number of rotatable bonds is 49. The monoisotopic (exact) mass is 955 g/mol. The Morgan fingerprint density at radius 3 is 0.884 bits per heavy atom. The number of hydrogen-bond donors (Lipinski definition) is 0. The lowest BCUT2D eigenvalue weighted by atomic mass is 10.0. The lowest BCUT2D eigenvalue weighted by Crippen LogP contribution is -2.30. The summed E-state index contributed by atoms with van der Waals surface area (Å²) in [4.78, 5) is 38.1. The minimum absolute atomic E-state index is 0.107. The van der Waals surface area contributed by atoms with Crippen molar-refractivity contribution < 1.29 is 28.6 Å². The molecule has 0 spiro atoms. The van der Waals surface area contributed by atoms with Crippen LogP contribution in [0.5, 0.6) is 0 Å². The lowest BCUT2D eigenvalue weighted by molar-refractivity contribution is -0.167. The first kappa shape index (κ1) is 64.8. The average Bonchev–Trinajstić information content (AvgIpc) is 3.35. The van der Waals surface area contributed by atoms with Gasteiger partial charge in [0.1, 0.15) is 13.2 Å². The molecule has 0 saturated heterocycles. The Balaban J connectivity index is 4.50. The van der Waals surface area contributed by atoms with Crippen molar-refractivity contribution in [2.75, 3.05) is 13.2 Å². The van der Waals surface area contributed by atoms with Crippen molar-refractivity contribution in [1.29, 1.82) is 0 Å². The van der Waals surface area contributed by atoms with Crippen LogP contribution in [0.2, 0.25) is 0 Å². The van der Waals surface area contributed by atoms with Gasteiger partial charge in [-0.25, -0.2) is 0 Å². The topological polar surface area (TPSA) is 78.9 Å².